The minimum Gasteiger partial charge on any atom is -0.423 e. The van der Waals surface area contributed by atoms with Gasteiger partial charge in [-0.15, -0.1) is 0 Å². The van der Waals surface area contributed by atoms with Gasteiger partial charge in [0.1, 0.15) is 5.69 Å². The van der Waals surface area contributed by atoms with Crippen LogP contribution in [-0.4, -0.2) is 41.9 Å². The molecule has 1 aromatic rings. The van der Waals surface area contributed by atoms with Gasteiger partial charge in [-0.2, -0.15) is 4.99 Å². The van der Waals surface area contributed by atoms with E-state index in [0.717, 1.165) is 6.07 Å². The Hall–Kier alpha value is -2.31. The first-order chi connectivity index (χ1) is 9.93. The molecule has 110 valence electrons. The number of carbonyl (C=O) groups is 2. The third kappa shape index (κ3) is 3.07. The Morgan fingerprint density at radius 1 is 1.62 bits per heavy atom. The molecule has 1 aromatic carbocycles. The third-order valence-electron chi connectivity index (χ3n) is 3.13. The molecule has 0 saturated carbocycles. The highest BCUT2D eigenvalue weighted by molar-refractivity contribution is 7.78. The summed E-state index contributed by atoms with van der Waals surface area (Å²) < 4.78 is 18.9. The van der Waals surface area contributed by atoms with Crippen LogP contribution in [0.15, 0.2) is 23.2 Å². The molecule has 0 bridgehead atoms. The smallest absolute Gasteiger partial charge is 0.416 e. The van der Waals surface area contributed by atoms with Crippen molar-refractivity contribution in [3.8, 4) is 0 Å². The summed E-state index contributed by atoms with van der Waals surface area (Å²) in [6.45, 7) is 1.50. The molecule has 2 rings (SSSR count). The van der Waals surface area contributed by atoms with Crippen LogP contribution in [0.25, 0.3) is 0 Å². The van der Waals surface area contributed by atoms with Crippen molar-refractivity contribution < 1.29 is 18.7 Å². The minimum absolute atomic E-state index is 0.0405. The number of nitrogens with zero attached hydrogens (tertiary/aromatic N) is 3. The van der Waals surface area contributed by atoms with Crippen LogP contribution >= 0.6 is 12.2 Å². The quantitative estimate of drug-likeness (QED) is 0.635. The van der Waals surface area contributed by atoms with Crippen LogP contribution < -0.4 is 4.90 Å². The molecule has 1 fully saturated rings. The van der Waals surface area contributed by atoms with Crippen molar-refractivity contribution in [1.82, 2.24) is 4.90 Å². The summed E-state index contributed by atoms with van der Waals surface area (Å²) in [7, 11) is 1.53. The second kappa shape index (κ2) is 5.99. The Morgan fingerprint density at radius 3 is 2.90 bits per heavy atom. The van der Waals surface area contributed by atoms with Crippen molar-refractivity contribution in [2.24, 2.45) is 4.99 Å². The summed E-state index contributed by atoms with van der Waals surface area (Å²) in [4.78, 5) is 29.2. The molecule has 1 atom stereocenters. The summed E-state index contributed by atoms with van der Waals surface area (Å²) in [6.07, 6.45) is -1.34. The van der Waals surface area contributed by atoms with Crippen molar-refractivity contribution >= 4 is 40.8 Å². The number of ether oxygens (including phenoxy) is 1. The van der Waals surface area contributed by atoms with Gasteiger partial charge in [0.05, 0.1) is 17.4 Å². The van der Waals surface area contributed by atoms with Gasteiger partial charge in [-0.25, -0.2) is 9.18 Å². The highest BCUT2D eigenvalue weighted by atomic mass is 32.1. The molecule has 2 amide bonds. The number of cyclic esters (lactones) is 1. The molecule has 0 unspecified atom stereocenters. The Morgan fingerprint density at radius 2 is 2.33 bits per heavy atom. The average molecular weight is 309 g/mol. The molecule has 0 aromatic heterocycles. The van der Waals surface area contributed by atoms with E-state index >= 15 is 0 Å². The van der Waals surface area contributed by atoms with Gasteiger partial charge in [0.25, 0.3) is 0 Å². The van der Waals surface area contributed by atoms with Crippen LogP contribution in [0.4, 0.5) is 20.6 Å². The van der Waals surface area contributed by atoms with Gasteiger partial charge < -0.3 is 9.64 Å². The fourth-order valence-corrected chi connectivity index (χ4v) is 1.97. The van der Waals surface area contributed by atoms with E-state index in [4.69, 9.17) is 4.74 Å². The molecule has 0 aliphatic carbocycles. The van der Waals surface area contributed by atoms with Crippen molar-refractivity contribution in [3.63, 3.8) is 0 Å². The fourth-order valence-electron chi connectivity index (χ4n) is 1.87. The number of carbonyl (C=O) groups excluding carboxylic acids is 2. The van der Waals surface area contributed by atoms with Crippen LogP contribution in [0, 0.1) is 5.82 Å². The topological polar surface area (TPSA) is 62.2 Å². The van der Waals surface area contributed by atoms with Crippen molar-refractivity contribution in [1.29, 1.82) is 0 Å². The Labute approximate surface area is 125 Å². The largest absolute Gasteiger partial charge is 0.423 e. The first-order valence-corrected chi connectivity index (χ1v) is 6.44. The third-order valence-corrected chi connectivity index (χ3v) is 3.22. The molecular formula is C13H12FN3O3S. The first kappa shape index (κ1) is 15.1. The molecule has 6 nitrogen and oxygen atoms in total. The summed E-state index contributed by atoms with van der Waals surface area (Å²) in [6, 6.07) is 4.06. The maximum atomic E-state index is 13.8. The van der Waals surface area contributed by atoms with E-state index in [0.29, 0.717) is 5.69 Å². The first-order valence-electron chi connectivity index (χ1n) is 6.03. The molecule has 1 aliphatic heterocycles. The second-order valence-electron chi connectivity index (χ2n) is 4.42. The molecule has 0 spiro atoms. The number of halogens is 1. The van der Waals surface area contributed by atoms with E-state index in [1.165, 1.54) is 35.9 Å². The zero-order valence-electron chi connectivity index (χ0n) is 11.4. The molecule has 21 heavy (non-hydrogen) atoms. The molecular weight excluding hydrogens is 297 g/mol. The van der Waals surface area contributed by atoms with E-state index in [1.807, 2.05) is 0 Å². The van der Waals surface area contributed by atoms with Crippen molar-refractivity contribution in [3.05, 3.63) is 24.0 Å². The maximum absolute atomic E-state index is 13.8. The number of hydrogen-bond acceptors (Lipinski definition) is 5. The van der Waals surface area contributed by atoms with E-state index in [2.05, 4.69) is 22.4 Å². The molecule has 1 heterocycles. The highest BCUT2D eigenvalue weighted by Gasteiger charge is 2.36. The number of amides is 2. The molecule has 0 N–H and O–H groups in total. The zero-order chi connectivity index (χ0) is 15.6. The van der Waals surface area contributed by atoms with E-state index < -0.39 is 18.1 Å². The number of anilines is 1. The molecule has 8 heteroatoms. The number of rotatable bonds is 3. The SMILES string of the molecule is CC(=O)N(C)[C@@H]1CN(c2ccc(N=C=S)c(F)c2)C(=O)O1. The molecule has 0 radical (unpaired) electrons. The number of thiocarbonyl (C=S) groups is 1. The van der Waals surface area contributed by atoms with Gasteiger partial charge in [-0.05, 0) is 24.4 Å². The van der Waals surface area contributed by atoms with Crippen LogP contribution in [0.2, 0.25) is 0 Å². The Kier molecular flexibility index (Phi) is 4.30. The lowest BCUT2D eigenvalue weighted by molar-refractivity contribution is -0.134. The van der Waals surface area contributed by atoms with Gasteiger partial charge in [0, 0.05) is 20.0 Å². The average Bonchev–Trinajstić information content (AvgIpc) is 2.82. The maximum Gasteiger partial charge on any atom is 0.416 e. The lowest BCUT2D eigenvalue weighted by atomic mass is 10.2. The van der Waals surface area contributed by atoms with Gasteiger partial charge in [-0.1, -0.05) is 0 Å². The Bertz CT molecular complexity index is 646. The lowest BCUT2D eigenvalue weighted by Crippen LogP contribution is -2.38. The lowest BCUT2D eigenvalue weighted by Gasteiger charge is -2.20. The summed E-state index contributed by atoms with van der Waals surface area (Å²) in [5.74, 6) is -0.854. The number of benzene rings is 1. The number of hydrogen-bond donors (Lipinski definition) is 0. The fraction of sp³-hybridized carbons (Fsp3) is 0.308. The van der Waals surface area contributed by atoms with Crippen molar-refractivity contribution in [2.75, 3.05) is 18.5 Å². The summed E-state index contributed by atoms with van der Waals surface area (Å²) in [5.41, 5.74) is 0.360. The van der Waals surface area contributed by atoms with Crippen LogP contribution in [0.1, 0.15) is 6.92 Å². The van der Waals surface area contributed by atoms with Crippen LogP contribution in [0.3, 0.4) is 0 Å². The summed E-state index contributed by atoms with van der Waals surface area (Å²) >= 11 is 4.42. The van der Waals surface area contributed by atoms with E-state index in [-0.39, 0.29) is 18.1 Å². The van der Waals surface area contributed by atoms with Crippen LogP contribution in [0.5, 0.6) is 0 Å². The zero-order valence-corrected chi connectivity index (χ0v) is 12.2. The second-order valence-corrected chi connectivity index (χ2v) is 4.60. The van der Waals surface area contributed by atoms with Crippen LogP contribution in [-0.2, 0) is 9.53 Å². The number of likely N-dealkylation sites (N-methyl/N-ethyl adjacent to an activating group) is 1. The highest BCUT2D eigenvalue weighted by Crippen LogP contribution is 2.27. The minimum atomic E-state index is -0.697. The summed E-state index contributed by atoms with van der Waals surface area (Å²) in [5, 5.41) is 2.08. The van der Waals surface area contributed by atoms with E-state index in [1.54, 1.807) is 0 Å². The van der Waals surface area contributed by atoms with Crippen molar-refractivity contribution in [2.45, 2.75) is 13.2 Å². The monoisotopic (exact) mass is 309 g/mol. The predicted octanol–water partition coefficient (Wildman–Crippen LogP) is 2.32. The molecule has 1 aliphatic rings. The van der Waals surface area contributed by atoms with Gasteiger partial charge in [-0.3, -0.25) is 9.69 Å². The standard InChI is InChI=1S/C13H12FN3O3S/c1-8(18)16(2)12-6-17(13(19)20-12)9-3-4-11(15-7-21)10(14)5-9/h3-5,12H,6H2,1-2H3/t12-/m0/s1. The normalized spacial score (nSPS) is 17.2. The van der Waals surface area contributed by atoms with E-state index in [9.17, 15) is 14.0 Å². The Balaban J connectivity index is 2.23. The number of isothiocyanates is 1. The number of aliphatic imine (C=N–C) groups is 1. The molecule has 1 saturated heterocycles. The van der Waals surface area contributed by atoms with Gasteiger partial charge in [0.15, 0.2) is 12.0 Å². The van der Waals surface area contributed by atoms with Gasteiger partial charge >= 0.3 is 6.09 Å². The van der Waals surface area contributed by atoms with Gasteiger partial charge in [0.2, 0.25) is 5.91 Å². The predicted molar refractivity (Wildman–Crippen MR) is 77.1 cm³/mol.